The molecule has 0 radical (unpaired) electrons. The van der Waals surface area contributed by atoms with Crippen LogP contribution in [0.4, 0.5) is 4.79 Å². The summed E-state index contributed by atoms with van der Waals surface area (Å²) in [5.41, 5.74) is 4.81. The molecule has 2 atom stereocenters. The van der Waals surface area contributed by atoms with Gasteiger partial charge < -0.3 is 29.8 Å². The van der Waals surface area contributed by atoms with Crippen molar-refractivity contribution in [2.45, 2.75) is 84.8 Å². The van der Waals surface area contributed by atoms with E-state index in [4.69, 9.17) is 19.9 Å². The molecule has 36 heavy (non-hydrogen) atoms. The molecular weight excluding hydrogens is 470 g/mol. The zero-order valence-electron chi connectivity index (χ0n) is 22.0. The maximum absolute atomic E-state index is 12.4. The van der Waals surface area contributed by atoms with Crippen LogP contribution in [-0.2, 0) is 30.3 Å². The minimum Gasteiger partial charge on any atom is -0.480 e. The molecule has 0 aliphatic rings. The van der Waals surface area contributed by atoms with Crippen LogP contribution in [0.25, 0.3) is 0 Å². The van der Waals surface area contributed by atoms with E-state index in [0.717, 1.165) is 7.11 Å². The van der Waals surface area contributed by atoms with Gasteiger partial charge in [-0.25, -0.2) is 4.79 Å². The van der Waals surface area contributed by atoms with Crippen molar-refractivity contribution in [1.29, 1.82) is 0 Å². The monoisotopic (exact) mass is 509 g/mol. The van der Waals surface area contributed by atoms with Gasteiger partial charge in [-0.2, -0.15) is 0 Å². The first-order valence-corrected chi connectivity index (χ1v) is 12.1. The number of rotatable bonds is 14. The van der Waals surface area contributed by atoms with E-state index in [2.05, 4.69) is 4.74 Å². The molecule has 1 aromatic carbocycles. The normalized spacial score (nSPS) is 13.6. The van der Waals surface area contributed by atoms with Crippen molar-refractivity contribution in [2.75, 3.05) is 7.11 Å². The van der Waals surface area contributed by atoms with Gasteiger partial charge in [0.05, 0.1) is 7.11 Å². The van der Waals surface area contributed by atoms with Crippen molar-refractivity contribution in [3.05, 3.63) is 23.8 Å². The van der Waals surface area contributed by atoms with Crippen molar-refractivity contribution >= 4 is 24.1 Å². The lowest BCUT2D eigenvalue weighted by atomic mass is 9.86. The second-order valence-corrected chi connectivity index (χ2v) is 9.82. The summed E-state index contributed by atoms with van der Waals surface area (Å²) in [6.07, 6.45) is -0.541. The molecule has 1 aromatic rings. The standard InChI is InChI=1S/C26H39NO9/c1-16(2)7-11-22(28)35-20-10-9-19(13-21(20)36-23(29)12-8-17(3)4)15-26(27,24(30)31)14-18(5)34-25(32)33-6/h9-10,13,16-18H,7-8,11-12,14-15,27H2,1-6H3,(H,30,31)/t18-,26?/m0/s1. The average molecular weight is 510 g/mol. The summed E-state index contributed by atoms with van der Waals surface area (Å²) in [6, 6.07) is 4.44. The van der Waals surface area contributed by atoms with Crippen LogP contribution in [0, 0.1) is 11.8 Å². The third-order valence-corrected chi connectivity index (χ3v) is 5.37. The molecule has 0 fully saturated rings. The summed E-state index contributed by atoms with van der Waals surface area (Å²) in [7, 11) is 1.14. The van der Waals surface area contributed by atoms with Crippen LogP contribution in [0.15, 0.2) is 18.2 Å². The first kappa shape index (κ1) is 30.9. The van der Waals surface area contributed by atoms with Crippen LogP contribution < -0.4 is 15.2 Å². The van der Waals surface area contributed by atoms with Crippen molar-refractivity contribution in [1.82, 2.24) is 0 Å². The van der Waals surface area contributed by atoms with Crippen LogP contribution in [0.2, 0.25) is 0 Å². The molecule has 0 aliphatic heterocycles. The molecular formula is C26H39NO9. The Morgan fingerprint density at radius 1 is 0.917 bits per heavy atom. The molecule has 0 aliphatic carbocycles. The van der Waals surface area contributed by atoms with E-state index in [9.17, 15) is 24.3 Å². The third-order valence-electron chi connectivity index (χ3n) is 5.37. The predicted molar refractivity (Wildman–Crippen MR) is 132 cm³/mol. The van der Waals surface area contributed by atoms with Crippen LogP contribution in [0.5, 0.6) is 11.5 Å². The highest BCUT2D eigenvalue weighted by atomic mass is 16.7. The molecule has 0 saturated heterocycles. The molecule has 10 heteroatoms. The van der Waals surface area contributed by atoms with Gasteiger partial charge in [-0.3, -0.25) is 14.4 Å². The van der Waals surface area contributed by atoms with Crippen molar-refractivity contribution in [2.24, 2.45) is 17.6 Å². The minimum absolute atomic E-state index is 0.00533. The van der Waals surface area contributed by atoms with Crippen LogP contribution >= 0.6 is 0 Å². The molecule has 0 amide bonds. The number of hydrogen-bond donors (Lipinski definition) is 2. The zero-order valence-corrected chi connectivity index (χ0v) is 22.0. The maximum Gasteiger partial charge on any atom is 0.508 e. The average Bonchev–Trinajstić information content (AvgIpc) is 2.77. The molecule has 1 unspecified atom stereocenters. The van der Waals surface area contributed by atoms with Gasteiger partial charge in [0, 0.05) is 25.7 Å². The highest BCUT2D eigenvalue weighted by Crippen LogP contribution is 2.32. The van der Waals surface area contributed by atoms with Crippen molar-refractivity contribution < 1.29 is 43.2 Å². The molecule has 0 saturated carbocycles. The van der Waals surface area contributed by atoms with Gasteiger partial charge in [-0.15, -0.1) is 0 Å². The molecule has 0 spiro atoms. The summed E-state index contributed by atoms with van der Waals surface area (Å²) in [5, 5.41) is 9.80. The SMILES string of the molecule is COC(=O)O[C@@H](C)CC(N)(Cc1ccc(OC(=O)CCC(C)C)c(OC(=O)CCC(C)C)c1)C(=O)O. The van der Waals surface area contributed by atoms with E-state index < -0.39 is 35.7 Å². The first-order chi connectivity index (χ1) is 16.7. The number of carbonyl (C=O) groups excluding carboxylic acids is 3. The molecule has 0 aromatic heterocycles. The number of esters is 2. The van der Waals surface area contributed by atoms with E-state index in [1.807, 2.05) is 27.7 Å². The number of ether oxygens (including phenoxy) is 4. The fourth-order valence-electron chi connectivity index (χ4n) is 3.35. The van der Waals surface area contributed by atoms with Gasteiger partial charge in [0.25, 0.3) is 0 Å². The van der Waals surface area contributed by atoms with Crippen molar-refractivity contribution in [3.8, 4) is 11.5 Å². The Bertz CT molecular complexity index is 913. The Labute approximate surface area is 212 Å². The number of methoxy groups -OCH3 is 1. The summed E-state index contributed by atoms with van der Waals surface area (Å²) in [4.78, 5) is 48.1. The zero-order chi connectivity index (χ0) is 27.5. The first-order valence-electron chi connectivity index (χ1n) is 12.1. The molecule has 0 bridgehead atoms. The van der Waals surface area contributed by atoms with E-state index in [-0.39, 0.29) is 37.2 Å². The van der Waals surface area contributed by atoms with Gasteiger partial charge in [0.1, 0.15) is 11.6 Å². The fourth-order valence-corrected chi connectivity index (χ4v) is 3.35. The Morgan fingerprint density at radius 2 is 1.44 bits per heavy atom. The number of benzene rings is 1. The Hall–Kier alpha value is -3.14. The minimum atomic E-state index is -1.80. The Morgan fingerprint density at radius 3 is 1.92 bits per heavy atom. The molecule has 10 nitrogen and oxygen atoms in total. The number of hydrogen-bond acceptors (Lipinski definition) is 9. The lowest BCUT2D eigenvalue weighted by Crippen LogP contribution is -2.52. The Kier molecular flexibility index (Phi) is 12.4. The van der Waals surface area contributed by atoms with Crippen molar-refractivity contribution in [3.63, 3.8) is 0 Å². The lowest BCUT2D eigenvalue weighted by molar-refractivity contribution is -0.144. The maximum atomic E-state index is 12.4. The van der Waals surface area contributed by atoms with Crippen LogP contribution in [-0.4, -0.2) is 47.9 Å². The van der Waals surface area contributed by atoms with Crippen LogP contribution in [0.1, 0.15) is 72.3 Å². The van der Waals surface area contributed by atoms with Gasteiger partial charge >= 0.3 is 24.1 Å². The van der Waals surface area contributed by atoms with E-state index >= 15 is 0 Å². The second kappa shape index (κ2) is 14.4. The van der Waals surface area contributed by atoms with E-state index in [1.54, 1.807) is 6.07 Å². The third kappa shape index (κ3) is 11.1. The van der Waals surface area contributed by atoms with Gasteiger partial charge in [0.2, 0.25) is 0 Å². The van der Waals surface area contributed by atoms with Gasteiger partial charge in [0.15, 0.2) is 11.5 Å². The molecule has 0 heterocycles. The van der Waals surface area contributed by atoms with Gasteiger partial charge in [-0.05, 0) is 49.3 Å². The molecule has 1 rings (SSSR count). The molecule has 3 N–H and O–H groups in total. The topological polar surface area (TPSA) is 151 Å². The van der Waals surface area contributed by atoms with E-state index in [0.29, 0.717) is 30.2 Å². The lowest BCUT2D eigenvalue weighted by Gasteiger charge is -2.28. The second-order valence-electron chi connectivity index (χ2n) is 9.82. The van der Waals surface area contributed by atoms with Crippen LogP contribution in [0.3, 0.4) is 0 Å². The highest BCUT2D eigenvalue weighted by molar-refractivity contribution is 5.79. The quantitative estimate of drug-likeness (QED) is 0.275. The highest BCUT2D eigenvalue weighted by Gasteiger charge is 2.37. The largest absolute Gasteiger partial charge is 0.508 e. The Balaban J connectivity index is 3.18. The summed E-state index contributed by atoms with van der Waals surface area (Å²) in [5.74, 6) is -1.60. The van der Waals surface area contributed by atoms with Gasteiger partial charge in [-0.1, -0.05) is 33.8 Å². The number of carboxylic acid groups (broad SMARTS) is 1. The summed E-state index contributed by atoms with van der Waals surface area (Å²) >= 11 is 0. The summed E-state index contributed by atoms with van der Waals surface area (Å²) < 4.78 is 20.4. The summed E-state index contributed by atoms with van der Waals surface area (Å²) in [6.45, 7) is 9.44. The fraction of sp³-hybridized carbons (Fsp3) is 0.615. The predicted octanol–water partition coefficient (Wildman–Crippen LogP) is 4.26. The smallest absolute Gasteiger partial charge is 0.480 e. The van der Waals surface area contributed by atoms with E-state index in [1.165, 1.54) is 19.1 Å². The number of aliphatic carboxylic acids is 1. The number of carboxylic acids is 1. The molecule has 202 valence electrons. The number of nitrogens with two attached hydrogens (primary N) is 1. The number of carbonyl (C=O) groups is 4.